The van der Waals surface area contributed by atoms with E-state index in [-0.39, 0.29) is 12.6 Å². The third-order valence-corrected chi connectivity index (χ3v) is 3.58. The average Bonchev–Trinajstić information content (AvgIpc) is 2.26. The Morgan fingerprint density at radius 3 is 2.71 bits per heavy atom. The SMILES string of the molecule is CC(CCCO)NC(C)c1ccc(Br)cc1Cl. The van der Waals surface area contributed by atoms with Gasteiger partial charge in [-0.25, -0.2) is 0 Å². The first-order valence-electron chi connectivity index (χ1n) is 5.86. The van der Waals surface area contributed by atoms with E-state index < -0.39 is 0 Å². The molecule has 4 heteroatoms. The second kappa shape index (κ2) is 7.37. The minimum atomic E-state index is 0.212. The number of aliphatic hydroxyl groups is 1. The first-order chi connectivity index (χ1) is 8.04. The summed E-state index contributed by atoms with van der Waals surface area (Å²) in [5, 5.41) is 13.0. The van der Waals surface area contributed by atoms with Gasteiger partial charge in [-0.05, 0) is 44.4 Å². The molecule has 0 fully saturated rings. The lowest BCUT2D eigenvalue weighted by molar-refractivity contribution is 0.274. The van der Waals surface area contributed by atoms with E-state index in [1.54, 1.807) is 0 Å². The number of hydrogen-bond acceptors (Lipinski definition) is 2. The Morgan fingerprint density at radius 2 is 2.12 bits per heavy atom. The predicted octanol–water partition coefficient (Wildman–Crippen LogP) is 3.91. The minimum absolute atomic E-state index is 0.212. The maximum absolute atomic E-state index is 8.79. The monoisotopic (exact) mass is 319 g/mol. The van der Waals surface area contributed by atoms with Crippen molar-refractivity contribution in [3.05, 3.63) is 33.3 Å². The molecule has 2 nitrogen and oxygen atoms in total. The molecule has 17 heavy (non-hydrogen) atoms. The normalized spacial score (nSPS) is 14.6. The number of rotatable bonds is 6. The second-order valence-corrected chi connectivity index (χ2v) is 5.64. The van der Waals surface area contributed by atoms with Gasteiger partial charge in [-0.15, -0.1) is 0 Å². The summed E-state index contributed by atoms with van der Waals surface area (Å²) in [5.41, 5.74) is 1.10. The smallest absolute Gasteiger partial charge is 0.0464 e. The summed E-state index contributed by atoms with van der Waals surface area (Å²) < 4.78 is 0.992. The lowest BCUT2D eigenvalue weighted by Gasteiger charge is -2.21. The molecule has 0 heterocycles. The molecule has 0 aliphatic rings. The summed E-state index contributed by atoms with van der Waals surface area (Å²) in [6.45, 7) is 4.48. The Morgan fingerprint density at radius 1 is 1.41 bits per heavy atom. The van der Waals surface area contributed by atoms with Crippen LogP contribution >= 0.6 is 27.5 Å². The van der Waals surface area contributed by atoms with Crippen LogP contribution in [0.3, 0.4) is 0 Å². The molecule has 96 valence electrons. The molecule has 2 N–H and O–H groups in total. The molecule has 0 aliphatic heterocycles. The van der Waals surface area contributed by atoms with Crippen molar-refractivity contribution < 1.29 is 5.11 Å². The van der Waals surface area contributed by atoms with Crippen LogP contribution in [0.5, 0.6) is 0 Å². The van der Waals surface area contributed by atoms with Gasteiger partial charge in [-0.2, -0.15) is 0 Å². The van der Waals surface area contributed by atoms with Crippen molar-refractivity contribution in [3.63, 3.8) is 0 Å². The molecule has 0 bridgehead atoms. The van der Waals surface area contributed by atoms with Crippen molar-refractivity contribution in [2.75, 3.05) is 6.61 Å². The van der Waals surface area contributed by atoms with E-state index in [0.29, 0.717) is 6.04 Å². The summed E-state index contributed by atoms with van der Waals surface area (Å²) in [7, 11) is 0. The fraction of sp³-hybridized carbons (Fsp3) is 0.538. The van der Waals surface area contributed by atoms with Crippen LogP contribution in [0.2, 0.25) is 5.02 Å². The van der Waals surface area contributed by atoms with Crippen LogP contribution in [0.15, 0.2) is 22.7 Å². The highest BCUT2D eigenvalue weighted by molar-refractivity contribution is 9.10. The summed E-state index contributed by atoms with van der Waals surface area (Å²) in [4.78, 5) is 0. The highest BCUT2D eigenvalue weighted by Gasteiger charge is 2.12. The number of nitrogens with one attached hydrogen (secondary N) is 1. The van der Waals surface area contributed by atoms with Crippen LogP contribution in [0.4, 0.5) is 0 Å². The summed E-state index contributed by atoms with van der Waals surface area (Å²) in [6.07, 6.45) is 1.80. The Labute approximate surface area is 117 Å². The summed E-state index contributed by atoms with van der Waals surface area (Å²) >= 11 is 9.60. The van der Waals surface area contributed by atoms with Crippen LogP contribution < -0.4 is 5.32 Å². The largest absolute Gasteiger partial charge is 0.396 e. The molecular weight excluding hydrogens is 302 g/mol. The van der Waals surface area contributed by atoms with E-state index >= 15 is 0 Å². The van der Waals surface area contributed by atoms with E-state index in [1.807, 2.05) is 18.2 Å². The molecule has 0 radical (unpaired) electrons. The van der Waals surface area contributed by atoms with Gasteiger partial charge >= 0.3 is 0 Å². The van der Waals surface area contributed by atoms with E-state index in [2.05, 4.69) is 35.1 Å². The Bertz CT molecular complexity index is 359. The van der Waals surface area contributed by atoms with Gasteiger partial charge in [-0.1, -0.05) is 33.6 Å². The third-order valence-electron chi connectivity index (χ3n) is 2.76. The van der Waals surface area contributed by atoms with Gasteiger partial charge in [0.05, 0.1) is 0 Å². The quantitative estimate of drug-likeness (QED) is 0.833. The zero-order chi connectivity index (χ0) is 12.8. The number of benzene rings is 1. The standard InChI is InChI=1S/C13H19BrClNO/c1-9(4-3-7-17)16-10(2)12-6-5-11(14)8-13(12)15/h5-6,8-10,16-17H,3-4,7H2,1-2H3. The van der Waals surface area contributed by atoms with Crippen molar-refractivity contribution in [1.82, 2.24) is 5.32 Å². The van der Waals surface area contributed by atoms with E-state index in [4.69, 9.17) is 16.7 Å². The van der Waals surface area contributed by atoms with Gasteiger partial charge in [0.2, 0.25) is 0 Å². The average molecular weight is 321 g/mol. The lowest BCUT2D eigenvalue weighted by Crippen LogP contribution is -2.29. The molecular formula is C13H19BrClNO. The van der Waals surface area contributed by atoms with Gasteiger partial charge in [0, 0.05) is 28.2 Å². The van der Waals surface area contributed by atoms with E-state index in [9.17, 15) is 0 Å². The zero-order valence-electron chi connectivity index (χ0n) is 10.2. The van der Waals surface area contributed by atoms with Gasteiger partial charge < -0.3 is 10.4 Å². The molecule has 0 aliphatic carbocycles. The Balaban J connectivity index is 2.60. The van der Waals surface area contributed by atoms with Crippen LogP contribution in [0.1, 0.15) is 38.3 Å². The van der Waals surface area contributed by atoms with Gasteiger partial charge in [-0.3, -0.25) is 0 Å². The minimum Gasteiger partial charge on any atom is -0.396 e. The Hall–Kier alpha value is -0.0900. The molecule has 2 atom stereocenters. The van der Waals surface area contributed by atoms with E-state index in [0.717, 1.165) is 27.9 Å². The van der Waals surface area contributed by atoms with Crippen molar-refractivity contribution in [2.45, 2.75) is 38.8 Å². The summed E-state index contributed by atoms with van der Waals surface area (Å²) in [5.74, 6) is 0. The van der Waals surface area contributed by atoms with Crippen LogP contribution in [-0.4, -0.2) is 17.8 Å². The maximum atomic E-state index is 8.79. The molecule has 0 spiro atoms. The van der Waals surface area contributed by atoms with Gasteiger partial charge in [0.15, 0.2) is 0 Å². The topological polar surface area (TPSA) is 32.3 Å². The molecule has 0 saturated carbocycles. The van der Waals surface area contributed by atoms with E-state index in [1.165, 1.54) is 0 Å². The van der Waals surface area contributed by atoms with Gasteiger partial charge in [0.25, 0.3) is 0 Å². The van der Waals surface area contributed by atoms with Crippen LogP contribution in [0.25, 0.3) is 0 Å². The van der Waals surface area contributed by atoms with Crippen molar-refractivity contribution in [1.29, 1.82) is 0 Å². The molecule has 1 aromatic rings. The van der Waals surface area contributed by atoms with Crippen molar-refractivity contribution in [2.24, 2.45) is 0 Å². The Kier molecular flexibility index (Phi) is 6.49. The van der Waals surface area contributed by atoms with Gasteiger partial charge in [0.1, 0.15) is 0 Å². The lowest BCUT2D eigenvalue weighted by atomic mass is 10.1. The van der Waals surface area contributed by atoms with Crippen LogP contribution in [-0.2, 0) is 0 Å². The molecule has 1 rings (SSSR count). The molecule has 0 saturated heterocycles. The zero-order valence-corrected chi connectivity index (χ0v) is 12.6. The number of hydrogen-bond donors (Lipinski definition) is 2. The fourth-order valence-electron chi connectivity index (χ4n) is 1.85. The maximum Gasteiger partial charge on any atom is 0.0464 e. The molecule has 0 aromatic heterocycles. The first kappa shape index (κ1) is 15.0. The van der Waals surface area contributed by atoms with Crippen molar-refractivity contribution in [3.8, 4) is 0 Å². The molecule has 2 unspecified atom stereocenters. The molecule has 1 aromatic carbocycles. The second-order valence-electron chi connectivity index (χ2n) is 4.32. The van der Waals surface area contributed by atoms with Crippen LogP contribution in [0, 0.1) is 0 Å². The highest BCUT2D eigenvalue weighted by Crippen LogP contribution is 2.26. The van der Waals surface area contributed by atoms with Crippen molar-refractivity contribution >= 4 is 27.5 Å². The number of aliphatic hydroxyl groups excluding tert-OH is 1. The predicted molar refractivity (Wildman–Crippen MR) is 76.5 cm³/mol. The molecule has 0 amide bonds. The highest BCUT2D eigenvalue weighted by atomic mass is 79.9. The summed E-state index contributed by atoms with van der Waals surface area (Å²) in [6, 6.07) is 6.52. The fourth-order valence-corrected chi connectivity index (χ4v) is 2.69. The third kappa shape index (κ3) is 4.96. The number of halogens is 2. The first-order valence-corrected chi connectivity index (χ1v) is 7.03.